The fourth-order valence-electron chi connectivity index (χ4n) is 0.946. The Balaban J connectivity index is 3.21. The predicted octanol–water partition coefficient (Wildman–Crippen LogP) is 1.49. The lowest BCUT2D eigenvalue weighted by Gasteiger charge is -2.16. The first kappa shape index (κ1) is 10.9. The highest BCUT2D eigenvalue weighted by atomic mass is 35.5. The molecule has 0 saturated carbocycles. The van der Waals surface area contributed by atoms with Gasteiger partial charge in [0.1, 0.15) is 0 Å². The summed E-state index contributed by atoms with van der Waals surface area (Å²) in [6.45, 7) is -5.15. The lowest BCUT2D eigenvalue weighted by molar-refractivity contribution is 0.100. The van der Waals surface area contributed by atoms with Gasteiger partial charge in [0.25, 0.3) is 0 Å². The number of hydrogen-bond acceptors (Lipinski definition) is 1. The molecule has 0 bridgehead atoms. The van der Waals surface area contributed by atoms with Crippen LogP contribution in [0, 0.1) is 0 Å². The first-order valence-electron chi connectivity index (χ1n) is 3.61. The summed E-state index contributed by atoms with van der Waals surface area (Å²) in [5.41, 5.74) is 3.91. The van der Waals surface area contributed by atoms with Gasteiger partial charge in [-0.15, -0.1) is 0 Å². The van der Waals surface area contributed by atoms with Gasteiger partial charge in [0.2, 0.25) is 5.91 Å². The molecule has 0 aliphatic rings. The van der Waals surface area contributed by atoms with Gasteiger partial charge in [-0.1, -0.05) is 29.2 Å². The van der Waals surface area contributed by atoms with E-state index in [1.807, 2.05) is 0 Å². The number of benzene rings is 1. The molecule has 1 amide bonds. The SMILES string of the molecule is NC(=O)c1ccc([B-](F)(F)F)c(Cl)c1. The van der Waals surface area contributed by atoms with E-state index >= 15 is 0 Å². The highest BCUT2D eigenvalue weighted by Crippen LogP contribution is 2.17. The van der Waals surface area contributed by atoms with Crippen molar-refractivity contribution in [1.29, 1.82) is 0 Å². The van der Waals surface area contributed by atoms with E-state index in [1.165, 1.54) is 0 Å². The van der Waals surface area contributed by atoms with Gasteiger partial charge in [0.05, 0.1) is 0 Å². The Hall–Kier alpha value is -1.17. The summed E-state index contributed by atoms with van der Waals surface area (Å²) >= 11 is 5.35. The predicted molar refractivity (Wildman–Crippen MR) is 48.7 cm³/mol. The number of hydrogen-bond donors (Lipinski definition) is 1. The molecule has 1 aromatic rings. The second kappa shape index (κ2) is 3.53. The average molecular weight is 222 g/mol. The van der Waals surface area contributed by atoms with Crippen molar-refractivity contribution in [2.45, 2.75) is 0 Å². The lowest BCUT2D eigenvalue weighted by atomic mass is 9.80. The van der Waals surface area contributed by atoms with Gasteiger partial charge in [-0.25, -0.2) is 0 Å². The Bertz CT molecular complexity index is 380. The van der Waals surface area contributed by atoms with E-state index in [0.717, 1.165) is 18.2 Å². The molecule has 0 unspecified atom stereocenters. The molecule has 0 saturated heterocycles. The monoisotopic (exact) mass is 222 g/mol. The van der Waals surface area contributed by atoms with E-state index in [1.54, 1.807) is 0 Å². The van der Waals surface area contributed by atoms with Gasteiger partial charge < -0.3 is 18.7 Å². The molecule has 0 atom stereocenters. The van der Waals surface area contributed by atoms with Gasteiger partial charge in [-0.3, -0.25) is 4.79 Å². The molecule has 0 aliphatic heterocycles. The number of nitrogens with two attached hydrogens (primary N) is 1. The number of amides is 1. The van der Waals surface area contributed by atoms with Gasteiger partial charge in [-0.2, -0.15) is 0 Å². The largest absolute Gasteiger partial charge is 0.511 e. The lowest BCUT2D eigenvalue weighted by Crippen LogP contribution is -2.35. The number of halogens is 4. The first-order chi connectivity index (χ1) is 6.32. The second-order valence-electron chi connectivity index (χ2n) is 2.68. The number of carbonyl (C=O) groups is 1. The van der Waals surface area contributed by atoms with Crippen molar-refractivity contribution in [3.05, 3.63) is 28.8 Å². The van der Waals surface area contributed by atoms with Crippen LogP contribution in [-0.4, -0.2) is 12.9 Å². The Morgan fingerprint density at radius 3 is 2.29 bits per heavy atom. The molecule has 0 aromatic heterocycles. The Labute approximate surface area is 82.9 Å². The summed E-state index contributed by atoms with van der Waals surface area (Å²) in [5.74, 6) is -0.812. The van der Waals surface area contributed by atoms with Crippen molar-refractivity contribution in [1.82, 2.24) is 0 Å². The minimum absolute atomic E-state index is 0.0428. The maximum atomic E-state index is 12.2. The second-order valence-corrected chi connectivity index (χ2v) is 3.08. The molecule has 0 heterocycles. The van der Waals surface area contributed by atoms with E-state index < -0.39 is 23.4 Å². The highest BCUT2D eigenvalue weighted by molar-refractivity contribution is 6.76. The van der Waals surface area contributed by atoms with Crippen LogP contribution in [0.5, 0.6) is 0 Å². The van der Waals surface area contributed by atoms with E-state index in [4.69, 9.17) is 17.3 Å². The van der Waals surface area contributed by atoms with Crippen LogP contribution in [0.3, 0.4) is 0 Å². The smallest absolute Gasteiger partial charge is 0.445 e. The third-order valence-electron chi connectivity index (χ3n) is 1.64. The van der Waals surface area contributed by atoms with Crippen LogP contribution in [0.15, 0.2) is 18.2 Å². The molecule has 76 valence electrons. The summed E-state index contributed by atoms with van der Waals surface area (Å²) in [5, 5.41) is -0.506. The maximum absolute atomic E-state index is 12.2. The molecule has 1 aromatic carbocycles. The van der Waals surface area contributed by atoms with Crippen LogP contribution >= 0.6 is 11.6 Å². The van der Waals surface area contributed by atoms with Crippen LogP contribution in [0.25, 0.3) is 0 Å². The molecule has 2 N–H and O–H groups in total. The third-order valence-corrected chi connectivity index (χ3v) is 1.96. The fourth-order valence-corrected chi connectivity index (χ4v) is 1.25. The number of carbonyl (C=O) groups excluding carboxylic acids is 1. The maximum Gasteiger partial charge on any atom is 0.511 e. The van der Waals surface area contributed by atoms with Crippen molar-refractivity contribution in [3.63, 3.8) is 0 Å². The Morgan fingerprint density at radius 1 is 1.36 bits per heavy atom. The van der Waals surface area contributed by atoms with E-state index in [0.29, 0.717) is 0 Å². The highest BCUT2D eigenvalue weighted by Gasteiger charge is 2.28. The Morgan fingerprint density at radius 2 is 1.93 bits per heavy atom. The number of rotatable bonds is 2. The molecular formula is C7H5BClF3NO-. The molecule has 1 rings (SSSR count). The van der Waals surface area contributed by atoms with Gasteiger partial charge in [0.15, 0.2) is 0 Å². The summed E-state index contributed by atoms with van der Waals surface area (Å²) in [7, 11) is 0. The van der Waals surface area contributed by atoms with Gasteiger partial charge in [-0.05, 0) is 6.07 Å². The molecule has 7 heteroatoms. The number of primary amides is 1. The van der Waals surface area contributed by atoms with Crippen LogP contribution in [-0.2, 0) is 0 Å². The molecular weight excluding hydrogens is 217 g/mol. The van der Waals surface area contributed by atoms with Crippen molar-refractivity contribution in [3.8, 4) is 0 Å². The van der Waals surface area contributed by atoms with E-state index in [2.05, 4.69) is 0 Å². The van der Waals surface area contributed by atoms with Crippen molar-refractivity contribution >= 4 is 29.9 Å². The quantitative estimate of drug-likeness (QED) is 0.757. The molecule has 0 fully saturated rings. The van der Waals surface area contributed by atoms with Crippen molar-refractivity contribution in [2.24, 2.45) is 5.73 Å². The summed E-state index contributed by atoms with van der Waals surface area (Å²) in [6.07, 6.45) is 0. The molecule has 14 heavy (non-hydrogen) atoms. The normalized spacial score (nSPS) is 11.4. The van der Waals surface area contributed by atoms with Crippen LogP contribution < -0.4 is 11.2 Å². The Kier molecular flexibility index (Phi) is 2.75. The van der Waals surface area contributed by atoms with Gasteiger partial charge >= 0.3 is 6.98 Å². The zero-order valence-corrected chi connectivity index (χ0v) is 7.56. The minimum Gasteiger partial charge on any atom is -0.445 e. The van der Waals surface area contributed by atoms with Crippen LogP contribution in [0.2, 0.25) is 5.02 Å². The molecule has 0 radical (unpaired) electrons. The zero-order chi connectivity index (χ0) is 10.9. The van der Waals surface area contributed by atoms with Crippen LogP contribution in [0.4, 0.5) is 12.9 Å². The fraction of sp³-hybridized carbons (Fsp3) is 0. The topological polar surface area (TPSA) is 43.1 Å². The average Bonchev–Trinajstić information content (AvgIpc) is 2.01. The first-order valence-corrected chi connectivity index (χ1v) is 3.99. The van der Waals surface area contributed by atoms with Crippen molar-refractivity contribution < 1.29 is 17.7 Å². The molecule has 0 spiro atoms. The van der Waals surface area contributed by atoms with Gasteiger partial charge in [0, 0.05) is 10.6 Å². The zero-order valence-electron chi connectivity index (χ0n) is 6.81. The molecule has 0 aliphatic carbocycles. The van der Waals surface area contributed by atoms with Crippen LogP contribution in [0.1, 0.15) is 10.4 Å². The summed E-state index contributed by atoms with van der Waals surface area (Å²) in [4.78, 5) is 10.6. The van der Waals surface area contributed by atoms with Crippen molar-refractivity contribution in [2.75, 3.05) is 0 Å². The standard InChI is InChI=1S/C7H5BClF3NO/c9-6-3-4(7(13)14)1-2-5(6)8(10,11)12/h1-3H,(H2,13,14)/q-1. The molecule has 2 nitrogen and oxygen atoms in total. The minimum atomic E-state index is -5.15. The van der Waals surface area contributed by atoms with E-state index in [-0.39, 0.29) is 5.56 Å². The van der Waals surface area contributed by atoms with E-state index in [9.17, 15) is 17.7 Å². The summed E-state index contributed by atoms with van der Waals surface area (Å²) in [6, 6.07) is 2.66. The summed E-state index contributed by atoms with van der Waals surface area (Å²) < 4.78 is 36.7. The third kappa shape index (κ3) is 2.20.